The second-order valence-electron chi connectivity index (χ2n) is 6.25. The normalized spacial score (nSPS) is 25.4. The smallest absolute Gasteiger partial charge is 0.251 e. The zero-order valence-corrected chi connectivity index (χ0v) is 13.8. The summed E-state index contributed by atoms with van der Waals surface area (Å²) < 4.78 is 5.29. The van der Waals surface area contributed by atoms with Crippen LogP contribution in [0.5, 0.6) is 5.75 Å². The van der Waals surface area contributed by atoms with E-state index in [9.17, 15) is 4.79 Å². The highest BCUT2D eigenvalue weighted by Crippen LogP contribution is 2.33. The van der Waals surface area contributed by atoms with Gasteiger partial charge in [-0.1, -0.05) is 25.8 Å². The van der Waals surface area contributed by atoms with E-state index in [0.29, 0.717) is 17.4 Å². The van der Waals surface area contributed by atoms with Crippen LogP contribution in [0.2, 0.25) is 0 Å². The molecule has 116 valence electrons. The summed E-state index contributed by atoms with van der Waals surface area (Å²) in [5.41, 5.74) is 1.38. The highest BCUT2D eigenvalue weighted by atomic mass is 35.5. The van der Waals surface area contributed by atoms with E-state index in [1.54, 1.807) is 13.2 Å². The van der Waals surface area contributed by atoms with Crippen molar-refractivity contribution in [1.29, 1.82) is 0 Å². The van der Waals surface area contributed by atoms with Gasteiger partial charge in [0.2, 0.25) is 0 Å². The van der Waals surface area contributed by atoms with Gasteiger partial charge in [0.15, 0.2) is 0 Å². The number of benzene rings is 1. The summed E-state index contributed by atoms with van der Waals surface area (Å²) in [5.74, 6) is 1.74. The molecule has 1 saturated carbocycles. The van der Waals surface area contributed by atoms with Gasteiger partial charge in [0.1, 0.15) is 5.75 Å². The number of nitrogens with one attached hydrogen (secondary N) is 1. The fourth-order valence-electron chi connectivity index (χ4n) is 3.20. The molecule has 0 bridgehead atoms. The van der Waals surface area contributed by atoms with Crippen molar-refractivity contribution in [3.05, 3.63) is 29.3 Å². The Balaban J connectivity index is 2.16. The first kappa shape index (κ1) is 16.2. The molecule has 0 aliphatic heterocycles. The average molecular weight is 310 g/mol. The highest BCUT2D eigenvalue weighted by molar-refractivity contribution is 6.19. The van der Waals surface area contributed by atoms with Crippen LogP contribution >= 0.6 is 11.6 Å². The van der Waals surface area contributed by atoms with E-state index in [0.717, 1.165) is 30.6 Å². The Morgan fingerprint density at radius 1 is 1.52 bits per heavy atom. The first-order chi connectivity index (χ1) is 9.99. The van der Waals surface area contributed by atoms with Gasteiger partial charge >= 0.3 is 0 Å². The lowest BCUT2D eigenvalue weighted by Gasteiger charge is -2.39. The third-order valence-corrected chi connectivity index (χ3v) is 4.91. The minimum absolute atomic E-state index is 0.0666. The lowest BCUT2D eigenvalue weighted by molar-refractivity contribution is 0.0867. The molecule has 2 atom stereocenters. The number of alkyl halides is 1. The molecule has 1 aliphatic rings. The Bertz CT molecular complexity index is 518. The maximum Gasteiger partial charge on any atom is 0.251 e. The summed E-state index contributed by atoms with van der Waals surface area (Å²) in [6.45, 7) is 4.19. The van der Waals surface area contributed by atoms with Crippen LogP contribution in [-0.4, -0.2) is 24.4 Å². The maximum atomic E-state index is 12.5. The van der Waals surface area contributed by atoms with Crippen molar-refractivity contribution < 1.29 is 9.53 Å². The number of ether oxygens (including phenoxy) is 1. The van der Waals surface area contributed by atoms with Crippen LogP contribution in [0.15, 0.2) is 18.2 Å². The molecule has 0 aromatic heterocycles. The molecule has 1 aliphatic carbocycles. The molecule has 2 unspecified atom stereocenters. The van der Waals surface area contributed by atoms with Crippen LogP contribution in [0, 0.1) is 12.8 Å². The van der Waals surface area contributed by atoms with Crippen LogP contribution in [-0.2, 0) is 0 Å². The summed E-state index contributed by atoms with van der Waals surface area (Å²) >= 11 is 6.18. The minimum atomic E-state index is -0.269. The Morgan fingerprint density at radius 2 is 2.29 bits per heavy atom. The SMILES string of the molecule is COc1cc(C(=O)NC2(CCl)CCCC(C)C2)ccc1C. The molecule has 1 fully saturated rings. The van der Waals surface area contributed by atoms with E-state index in [2.05, 4.69) is 12.2 Å². The Morgan fingerprint density at radius 3 is 2.90 bits per heavy atom. The lowest BCUT2D eigenvalue weighted by atomic mass is 9.77. The third kappa shape index (κ3) is 3.70. The van der Waals surface area contributed by atoms with Crippen molar-refractivity contribution in [3.8, 4) is 5.75 Å². The first-order valence-corrected chi connectivity index (χ1v) is 8.06. The molecule has 1 aromatic carbocycles. The summed E-state index contributed by atoms with van der Waals surface area (Å²) in [6.07, 6.45) is 4.24. The molecule has 4 heteroatoms. The van der Waals surface area contributed by atoms with Gasteiger partial charge in [0.25, 0.3) is 5.91 Å². The van der Waals surface area contributed by atoms with Gasteiger partial charge in [-0.15, -0.1) is 11.6 Å². The van der Waals surface area contributed by atoms with Crippen molar-refractivity contribution in [1.82, 2.24) is 5.32 Å². The third-order valence-electron chi connectivity index (χ3n) is 4.40. The van der Waals surface area contributed by atoms with Crippen molar-refractivity contribution in [2.24, 2.45) is 5.92 Å². The maximum absolute atomic E-state index is 12.5. The molecule has 1 amide bonds. The van der Waals surface area contributed by atoms with Gasteiger partial charge in [-0.05, 0) is 43.4 Å². The molecule has 1 aromatic rings. The number of rotatable bonds is 4. The average Bonchev–Trinajstić information content (AvgIpc) is 2.47. The van der Waals surface area contributed by atoms with Gasteiger partial charge in [-0.25, -0.2) is 0 Å². The van der Waals surface area contributed by atoms with Crippen LogP contribution in [0.3, 0.4) is 0 Å². The van der Waals surface area contributed by atoms with E-state index in [-0.39, 0.29) is 11.4 Å². The first-order valence-electron chi connectivity index (χ1n) is 7.53. The summed E-state index contributed by atoms with van der Waals surface area (Å²) in [5, 5.41) is 3.17. The highest BCUT2D eigenvalue weighted by Gasteiger charge is 2.35. The monoisotopic (exact) mass is 309 g/mol. The van der Waals surface area contributed by atoms with Crippen LogP contribution in [0.1, 0.15) is 48.5 Å². The predicted octanol–water partition coefficient (Wildman–Crippen LogP) is 3.92. The molecule has 0 spiro atoms. The largest absolute Gasteiger partial charge is 0.496 e. The van der Waals surface area contributed by atoms with Crippen molar-refractivity contribution >= 4 is 17.5 Å². The number of methoxy groups -OCH3 is 1. The van der Waals surface area contributed by atoms with Crippen LogP contribution < -0.4 is 10.1 Å². The molecule has 3 nitrogen and oxygen atoms in total. The van der Waals surface area contributed by atoms with Gasteiger partial charge in [0, 0.05) is 11.4 Å². The van der Waals surface area contributed by atoms with Gasteiger partial charge in [0.05, 0.1) is 12.6 Å². The summed E-state index contributed by atoms with van der Waals surface area (Å²) in [6, 6.07) is 5.53. The van der Waals surface area contributed by atoms with Gasteiger partial charge in [-0.3, -0.25) is 4.79 Å². The number of hydrogen-bond acceptors (Lipinski definition) is 2. The molecular formula is C17H24ClNO2. The fraction of sp³-hybridized carbons (Fsp3) is 0.588. The number of carbonyl (C=O) groups excluding carboxylic acids is 1. The van der Waals surface area contributed by atoms with Crippen LogP contribution in [0.25, 0.3) is 0 Å². The topological polar surface area (TPSA) is 38.3 Å². The zero-order valence-electron chi connectivity index (χ0n) is 13.0. The van der Waals surface area contributed by atoms with Crippen molar-refractivity contribution in [3.63, 3.8) is 0 Å². The van der Waals surface area contributed by atoms with E-state index >= 15 is 0 Å². The van der Waals surface area contributed by atoms with E-state index < -0.39 is 0 Å². The summed E-state index contributed by atoms with van der Waals surface area (Å²) in [7, 11) is 1.62. The number of carbonyl (C=O) groups is 1. The number of halogens is 1. The molecule has 0 heterocycles. The number of hydrogen-bond donors (Lipinski definition) is 1. The van der Waals surface area contributed by atoms with E-state index in [1.165, 1.54) is 6.42 Å². The minimum Gasteiger partial charge on any atom is -0.496 e. The van der Waals surface area contributed by atoms with Crippen molar-refractivity contribution in [2.45, 2.75) is 45.1 Å². The van der Waals surface area contributed by atoms with Crippen molar-refractivity contribution in [2.75, 3.05) is 13.0 Å². The molecule has 2 rings (SSSR count). The molecule has 21 heavy (non-hydrogen) atoms. The van der Waals surface area contributed by atoms with Crippen LogP contribution in [0.4, 0.5) is 0 Å². The fourth-order valence-corrected chi connectivity index (χ4v) is 3.51. The van der Waals surface area contributed by atoms with E-state index in [4.69, 9.17) is 16.3 Å². The second-order valence-corrected chi connectivity index (χ2v) is 6.52. The Labute approximate surface area is 132 Å². The quantitative estimate of drug-likeness (QED) is 0.856. The molecule has 0 radical (unpaired) electrons. The molecular weight excluding hydrogens is 286 g/mol. The molecule has 1 N–H and O–H groups in total. The Kier molecular flexibility index (Phi) is 5.15. The number of aryl methyl sites for hydroxylation is 1. The van der Waals surface area contributed by atoms with E-state index in [1.807, 2.05) is 19.1 Å². The zero-order chi connectivity index (χ0) is 15.5. The Hall–Kier alpha value is -1.22. The lowest BCUT2D eigenvalue weighted by Crippen LogP contribution is -2.52. The summed E-state index contributed by atoms with van der Waals surface area (Å²) in [4.78, 5) is 12.5. The standard InChI is InChI=1S/C17H24ClNO2/c1-12-5-4-8-17(10-12,11-18)19-16(20)14-7-6-13(2)15(9-14)21-3/h6-7,9,12H,4-5,8,10-11H2,1-3H3,(H,19,20). The predicted molar refractivity (Wildman–Crippen MR) is 86.3 cm³/mol. The number of amides is 1. The van der Waals surface area contributed by atoms with Gasteiger partial charge < -0.3 is 10.1 Å². The van der Waals surface area contributed by atoms with Gasteiger partial charge in [-0.2, -0.15) is 0 Å². The second kappa shape index (κ2) is 6.69. The molecule has 0 saturated heterocycles.